The summed E-state index contributed by atoms with van der Waals surface area (Å²) in [6, 6.07) is 14.5. The summed E-state index contributed by atoms with van der Waals surface area (Å²) in [5, 5.41) is 2.88. The van der Waals surface area contributed by atoms with Gasteiger partial charge in [0.1, 0.15) is 18.1 Å². The fraction of sp³-hybridized carbons (Fsp3) is 0.318. The molecular weight excluding hydrogens is 326 g/mol. The minimum atomic E-state index is -0.162. The average molecular weight is 353 g/mol. The molecule has 26 heavy (non-hydrogen) atoms. The fourth-order valence-electron chi connectivity index (χ4n) is 2.16. The summed E-state index contributed by atoms with van der Waals surface area (Å²) in [4.78, 5) is 12.3. The molecule has 0 unspecified atom stereocenters. The molecule has 0 saturated carbocycles. The minimum Gasteiger partial charge on any atom is -0.494 e. The second kappa shape index (κ2) is 9.66. The summed E-state index contributed by atoms with van der Waals surface area (Å²) in [5.41, 5.74) is 2.25. The largest absolute Gasteiger partial charge is 0.494 e. The van der Waals surface area contributed by atoms with Crippen LogP contribution >= 0.6 is 0 Å². The molecule has 1 amide bonds. The molecule has 138 valence electrons. The van der Waals surface area contributed by atoms with Crippen molar-refractivity contribution in [1.82, 2.24) is 0 Å². The van der Waals surface area contributed by atoms with Gasteiger partial charge in [-0.2, -0.15) is 0 Å². The Balaban J connectivity index is 1.87. The fourth-order valence-corrected chi connectivity index (χ4v) is 2.16. The number of hydrogen-bond donors (Lipinski definition) is 1. The lowest BCUT2D eigenvalue weighted by molar-refractivity contribution is 0.102. The van der Waals surface area contributed by atoms with Crippen molar-refractivity contribution in [3.05, 3.63) is 66.2 Å². The quantitative estimate of drug-likeness (QED) is 0.621. The monoisotopic (exact) mass is 353 g/mol. The molecule has 2 aromatic rings. The van der Waals surface area contributed by atoms with Crippen molar-refractivity contribution >= 4 is 11.6 Å². The minimum absolute atomic E-state index is 0.162. The van der Waals surface area contributed by atoms with Crippen LogP contribution in [0.1, 0.15) is 37.6 Å². The van der Waals surface area contributed by atoms with Crippen LogP contribution < -0.4 is 14.8 Å². The zero-order chi connectivity index (χ0) is 18.9. The molecule has 0 heterocycles. The molecule has 2 rings (SSSR count). The standard InChI is InChI=1S/C22H27NO3/c1-16(2)13-14-25-20-11-7-19(8-12-20)23-22(24)18-5-9-21(10-6-18)26-15-17(3)4/h5-12,16H,3,13-15H2,1-2,4H3,(H,23,24). The van der Waals surface area contributed by atoms with E-state index in [4.69, 9.17) is 9.47 Å². The third kappa shape index (κ3) is 6.63. The number of amides is 1. The molecule has 0 aliphatic heterocycles. The number of carbonyl (C=O) groups excluding carboxylic acids is 1. The topological polar surface area (TPSA) is 47.6 Å². The zero-order valence-electron chi connectivity index (χ0n) is 15.7. The predicted molar refractivity (Wildman–Crippen MR) is 106 cm³/mol. The number of carbonyl (C=O) groups is 1. The van der Waals surface area contributed by atoms with Crippen LogP contribution in [0, 0.1) is 5.92 Å². The Morgan fingerprint density at radius 1 is 1.00 bits per heavy atom. The second-order valence-electron chi connectivity index (χ2n) is 6.78. The van der Waals surface area contributed by atoms with E-state index < -0.39 is 0 Å². The van der Waals surface area contributed by atoms with Gasteiger partial charge in [-0.05, 0) is 73.4 Å². The van der Waals surface area contributed by atoms with Crippen LogP contribution in [0.5, 0.6) is 11.5 Å². The molecule has 0 aliphatic carbocycles. The molecule has 1 N–H and O–H groups in total. The Bertz CT molecular complexity index is 718. The van der Waals surface area contributed by atoms with Crippen LogP contribution in [0.25, 0.3) is 0 Å². The van der Waals surface area contributed by atoms with Gasteiger partial charge < -0.3 is 14.8 Å². The molecular formula is C22H27NO3. The summed E-state index contributed by atoms with van der Waals surface area (Å²) in [6.07, 6.45) is 1.02. The van der Waals surface area contributed by atoms with Crippen molar-refractivity contribution in [2.75, 3.05) is 18.5 Å². The van der Waals surface area contributed by atoms with Crippen LogP contribution in [0.15, 0.2) is 60.7 Å². The average Bonchev–Trinajstić information content (AvgIpc) is 2.61. The van der Waals surface area contributed by atoms with Gasteiger partial charge in [-0.1, -0.05) is 20.4 Å². The molecule has 0 saturated heterocycles. The van der Waals surface area contributed by atoms with Crippen LogP contribution in [-0.4, -0.2) is 19.1 Å². The maximum Gasteiger partial charge on any atom is 0.255 e. The molecule has 0 radical (unpaired) electrons. The van der Waals surface area contributed by atoms with Crippen molar-refractivity contribution in [3.63, 3.8) is 0 Å². The highest BCUT2D eigenvalue weighted by Crippen LogP contribution is 2.18. The molecule has 0 fully saturated rings. The molecule has 0 atom stereocenters. The molecule has 4 heteroatoms. The maximum absolute atomic E-state index is 12.3. The number of anilines is 1. The summed E-state index contributed by atoms with van der Waals surface area (Å²) in [6.45, 7) is 11.2. The van der Waals surface area contributed by atoms with E-state index in [1.807, 2.05) is 31.2 Å². The molecule has 0 aliphatic rings. The Hall–Kier alpha value is -2.75. The third-order valence-electron chi connectivity index (χ3n) is 3.68. The van der Waals surface area contributed by atoms with Crippen molar-refractivity contribution < 1.29 is 14.3 Å². The van der Waals surface area contributed by atoms with Crippen LogP contribution in [0.2, 0.25) is 0 Å². The summed E-state index contributed by atoms with van der Waals surface area (Å²) >= 11 is 0. The first-order valence-corrected chi connectivity index (χ1v) is 8.85. The SMILES string of the molecule is C=C(C)COc1ccc(C(=O)Nc2ccc(OCCC(C)C)cc2)cc1. The van der Waals surface area contributed by atoms with Gasteiger partial charge in [0.2, 0.25) is 0 Å². The zero-order valence-corrected chi connectivity index (χ0v) is 15.7. The van der Waals surface area contributed by atoms with E-state index >= 15 is 0 Å². The summed E-state index contributed by atoms with van der Waals surface area (Å²) < 4.78 is 11.2. The molecule has 2 aromatic carbocycles. The number of benzene rings is 2. The Morgan fingerprint density at radius 3 is 2.15 bits per heavy atom. The van der Waals surface area contributed by atoms with Gasteiger partial charge in [0, 0.05) is 11.3 Å². The maximum atomic E-state index is 12.3. The molecule has 0 bridgehead atoms. The predicted octanol–water partition coefficient (Wildman–Crippen LogP) is 5.32. The van der Waals surface area contributed by atoms with E-state index in [9.17, 15) is 4.79 Å². The third-order valence-corrected chi connectivity index (χ3v) is 3.68. The normalized spacial score (nSPS) is 10.5. The molecule has 4 nitrogen and oxygen atoms in total. The van der Waals surface area contributed by atoms with E-state index in [0.29, 0.717) is 30.4 Å². The number of nitrogens with one attached hydrogen (secondary N) is 1. The van der Waals surface area contributed by atoms with Crippen molar-refractivity contribution in [2.45, 2.75) is 27.2 Å². The van der Waals surface area contributed by atoms with Gasteiger partial charge in [0.25, 0.3) is 5.91 Å². The summed E-state index contributed by atoms with van der Waals surface area (Å²) in [5.74, 6) is 1.98. The highest BCUT2D eigenvalue weighted by molar-refractivity contribution is 6.04. The van der Waals surface area contributed by atoms with Gasteiger partial charge in [-0.15, -0.1) is 0 Å². The lowest BCUT2D eigenvalue weighted by atomic mass is 10.1. The van der Waals surface area contributed by atoms with Gasteiger partial charge in [0.05, 0.1) is 6.61 Å². The van der Waals surface area contributed by atoms with Gasteiger partial charge in [0.15, 0.2) is 0 Å². The van der Waals surface area contributed by atoms with E-state index in [1.165, 1.54) is 0 Å². The number of ether oxygens (including phenoxy) is 2. The Labute approximate surface area is 155 Å². The highest BCUT2D eigenvalue weighted by atomic mass is 16.5. The van der Waals surface area contributed by atoms with Crippen LogP contribution in [-0.2, 0) is 0 Å². The van der Waals surface area contributed by atoms with E-state index in [1.54, 1.807) is 24.3 Å². The number of rotatable bonds is 9. The smallest absolute Gasteiger partial charge is 0.255 e. The highest BCUT2D eigenvalue weighted by Gasteiger charge is 2.07. The van der Waals surface area contributed by atoms with Gasteiger partial charge >= 0.3 is 0 Å². The molecule has 0 spiro atoms. The lowest BCUT2D eigenvalue weighted by Gasteiger charge is -2.10. The van der Waals surface area contributed by atoms with Crippen molar-refractivity contribution in [3.8, 4) is 11.5 Å². The van der Waals surface area contributed by atoms with Crippen molar-refractivity contribution in [2.24, 2.45) is 5.92 Å². The lowest BCUT2D eigenvalue weighted by Crippen LogP contribution is -2.11. The number of hydrogen-bond acceptors (Lipinski definition) is 3. The van der Waals surface area contributed by atoms with Crippen LogP contribution in [0.3, 0.4) is 0 Å². The Kier molecular flexibility index (Phi) is 7.27. The summed E-state index contributed by atoms with van der Waals surface area (Å²) in [7, 11) is 0. The van der Waals surface area contributed by atoms with Gasteiger partial charge in [-0.3, -0.25) is 4.79 Å². The second-order valence-corrected chi connectivity index (χ2v) is 6.78. The van der Waals surface area contributed by atoms with E-state index in [0.717, 1.165) is 23.4 Å². The first-order valence-electron chi connectivity index (χ1n) is 8.85. The first kappa shape index (κ1) is 19.6. The van der Waals surface area contributed by atoms with Crippen molar-refractivity contribution in [1.29, 1.82) is 0 Å². The Morgan fingerprint density at radius 2 is 1.58 bits per heavy atom. The van der Waals surface area contributed by atoms with Crippen LogP contribution in [0.4, 0.5) is 5.69 Å². The van der Waals surface area contributed by atoms with E-state index in [-0.39, 0.29) is 5.91 Å². The first-order chi connectivity index (χ1) is 12.4. The van der Waals surface area contributed by atoms with Gasteiger partial charge in [-0.25, -0.2) is 0 Å². The molecule has 0 aromatic heterocycles. The van der Waals surface area contributed by atoms with E-state index in [2.05, 4.69) is 25.7 Å².